The average Bonchev–Trinajstić information content (AvgIpc) is 2.85. The summed E-state index contributed by atoms with van der Waals surface area (Å²) in [7, 11) is 0. The molecule has 1 atom stereocenters. The standard InChI is InChI=1S/C15H21N3O/c1-12(16)6-5-9-15-17-14(18-19-15)11-10-13-7-3-2-4-8-13/h2-4,7-8,12H,5-6,9-11,16H2,1H3. The first-order chi connectivity index (χ1) is 9.24. The van der Waals surface area contributed by atoms with Crippen LogP contribution in [0.15, 0.2) is 34.9 Å². The maximum Gasteiger partial charge on any atom is 0.226 e. The van der Waals surface area contributed by atoms with Gasteiger partial charge in [0, 0.05) is 18.9 Å². The minimum absolute atomic E-state index is 0.237. The molecule has 0 amide bonds. The second-order valence-electron chi connectivity index (χ2n) is 4.96. The molecule has 1 unspecified atom stereocenters. The van der Waals surface area contributed by atoms with Crippen LogP contribution >= 0.6 is 0 Å². The van der Waals surface area contributed by atoms with Crippen molar-refractivity contribution in [2.75, 3.05) is 0 Å². The van der Waals surface area contributed by atoms with Crippen LogP contribution in [0.1, 0.15) is 37.0 Å². The van der Waals surface area contributed by atoms with Crippen LogP contribution in [0.3, 0.4) is 0 Å². The third kappa shape index (κ3) is 4.83. The molecule has 0 aliphatic rings. The summed E-state index contributed by atoms with van der Waals surface area (Å²) < 4.78 is 5.23. The Morgan fingerprint density at radius 2 is 1.95 bits per heavy atom. The summed E-state index contributed by atoms with van der Waals surface area (Å²) >= 11 is 0. The quantitative estimate of drug-likeness (QED) is 0.829. The van der Waals surface area contributed by atoms with E-state index in [9.17, 15) is 0 Å². The van der Waals surface area contributed by atoms with E-state index in [1.807, 2.05) is 25.1 Å². The molecule has 2 aromatic rings. The third-order valence-electron chi connectivity index (χ3n) is 3.04. The van der Waals surface area contributed by atoms with Gasteiger partial charge >= 0.3 is 0 Å². The van der Waals surface area contributed by atoms with Crippen LogP contribution < -0.4 is 5.73 Å². The largest absolute Gasteiger partial charge is 0.339 e. The Kier molecular flexibility index (Phi) is 5.10. The average molecular weight is 259 g/mol. The van der Waals surface area contributed by atoms with Crippen molar-refractivity contribution < 1.29 is 4.52 Å². The van der Waals surface area contributed by atoms with E-state index in [2.05, 4.69) is 22.3 Å². The molecule has 0 radical (unpaired) electrons. The van der Waals surface area contributed by atoms with E-state index in [1.165, 1.54) is 5.56 Å². The van der Waals surface area contributed by atoms with E-state index in [0.717, 1.165) is 43.8 Å². The van der Waals surface area contributed by atoms with Crippen molar-refractivity contribution in [3.63, 3.8) is 0 Å². The Balaban J connectivity index is 1.77. The van der Waals surface area contributed by atoms with Gasteiger partial charge in [-0.3, -0.25) is 0 Å². The molecule has 4 heteroatoms. The van der Waals surface area contributed by atoms with Crippen molar-refractivity contribution in [2.45, 2.75) is 45.1 Å². The maximum atomic E-state index is 5.71. The molecule has 0 aliphatic heterocycles. The molecule has 0 aliphatic carbocycles. The Morgan fingerprint density at radius 1 is 1.16 bits per heavy atom. The normalized spacial score (nSPS) is 12.5. The molecule has 0 fully saturated rings. The molecule has 0 saturated carbocycles. The van der Waals surface area contributed by atoms with Crippen LogP contribution in [-0.4, -0.2) is 16.2 Å². The molecule has 1 aromatic heterocycles. The molecule has 102 valence electrons. The topological polar surface area (TPSA) is 64.9 Å². The monoisotopic (exact) mass is 259 g/mol. The summed E-state index contributed by atoms with van der Waals surface area (Å²) in [5.41, 5.74) is 7.00. The van der Waals surface area contributed by atoms with E-state index >= 15 is 0 Å². The lowest BCUT2D eigenvalue weighted by Crippen LogP contribution is -2.14. The minimum Gasteiger partial charge on any atom is -0.339 e. The van der Waals surface area contributed by atoms with Gasteiger partial charge in [0.15, 0.2) is 5.82 Å². The first-order valence-electron chi connectivity index (χ1n) is 6.85. The summed E-state index contributed by atoms with van der Waals surface area (Å²) in [6, 6.07) is 10.6. The van der Waals surface area contributed by atoms with E-state index in [1.54, 1.807) is 0 Å². The predicted molar refractivity (Wildman–Crippen MR) is 74.7 cm³/mol. The Hall–Kier alpha value is -1.68. The molecular formula is C15H21N3O. The van der Waals surface area contributed by atoms with Crippen LogP contribution in [0, 0.1) is 0 Å². The molecular weight excluding hydrogens is 238 g/mol. The lowest BCUT2D eigenvalue weighted by atomic mass is 10.1. The van der Waals surface area contributed by atoms with Crippen molar-refractivity contribution in [3.8, 4) is 0 Å². The zero-order valence-electron chi connectivity index (χ0n) is 11.4. The number of benzene rings is 1. The fourth-order valence-electron chi connectivity index (χ4n) is 1.97. The third-order valence-corrected chi connectivity index (χ3v) is 3.04. The highest BCUT2D eigenvalue weighted by Crippen LogP contribution is 2.07. The highest BCUT2D eigenvalue weighted by Gasteiger charge is 2.06. The van der Waals surface area contributed by atoms with Crippen molar-refractivity contribution in [2.24, 2.45) is 5.73 Å². The molecule has 1 heterocycles. The summed E-state index contributed by atoms with van der Waals surface area (Å²) in [6.45, 7) is 2.01. The zero-order chi connectivity index (χ0) is 13.5. The second kappa shape index (κ2) is 7.04. The number of aryl methyl sites for hydroxylation is 3. The van der Waals surface area contributed by atoms with Gasteiger partial charge in [-0.2, -0.15) is 4.98 Å². The van der Waals surface area contributed by atoms with Crippen LogP contribution in [-0.2, 0) is 19.3 Å². The van der Waals surface area contributed by atoms with E-state index in [4.69, 9.17) is 10.3 Å². The first kappa shape index (κ1) is 13.7. The van der Waals surface area contributed by atoms with Gasteiger partial charge in [0.05, 0.1) is 0 Å². The van der Waals surface area contributed by atoms with Gasteiger partial charge in [-0.1, -0.05) is 35.5 Å². The molecule has 4 nitrogen and oxygen atoms in total. The van der Waals surface area contributed by atoms with E-state index in [-0.39, 0.29) is 6.04 Å². The smallest absolute Gasteiger partial charge is 0.226 e. The van der Waals surface area contributed by atoms with Crippen LogP contribution in [0.5, 0.6) is 0 Å². The number of rotatable bonds is 7. The molecule has 1 aromatic carbocycles. The Labute approximate surface area is 114 Å². The number of nitrogens with zero attached hydrogens (tertiary/aromatic N) is 2. The molecule has 2 rings (SSSR count). The summed E-state index contributed by atoms with van der Waals surface area (Å²) in [6.07, 6.45) is 4.57. The van der Waals surface area contributed by atoms with Gasteiger partial charge in [0.1, 0.15) is 0 Å². The number of nitrogens with two attached hydrogens (primary N) is 1. The molecule has 2 N–H and O–H groups in total. The van der Waals surface area contributed by atoms with Gasteiger partial charge < -0.3 is 10.3 Å². The number of hydrogen-bond acceptors (Lipinski definition) is 4. The Bertz CT molecular complexity index is 479. The van der Waals surface area contributed by atoms with Crippen molar-refractivity contribution in [1.29, 1.82) is 0 Å². The summed E-state index contributed by atoms with van der Waals surface area (Å²) in [5.74, 6) is 1.52. The lowest BCUT2D eigenvalue weighted by molar-refractivity contribution is 0.368. The van der Waals surface area contributed by atoms with E-state index in [0.29, 0.717) is 0 Å². The van der Waals surface area contributed by atoms with Gasteiger partial charge in [-0.05, 0) is 31.7 Å². The van der Waals surface area contributed by atoms with Gasteiger partial charge in [0.2, 0.25) is 5.89 Å². The summed E-state index contributed by atoms with van der Waals surface area (Å²) in [4.78, 5) is 4.40. The SMILES string of the molecule is CC(N)CCCc1nc(CCc2ccccc2)no1. The zero-order valence-corrected chi connectivity index (χ0v) is 11.4. The van der Waals surface area contributed by atoms with E-state index < -0.39 is 0 Å². The fourth-order valence-corrected chi connectivity index (χ4v) is 1.97. The second-order valence-corrected chi connectivity index (χ2v) is 4.96. The molecule has 0 bridgehead atoms. The lowest BCUT2D eigenvalue weighted by Gasteiger charge is -2.00. The Morgan fingerprint density at radius 3 is 2.68 bits per heavy atom. The minimum atomic E-state index is 0.237. The predicted octanol–water partition coefficient (Wildman–Crippen LogP) is 2.52. The van der Waals surface area contributed by atoms with Crippen LogP contribution in [0.25, 0.3) is 0 Å². The van der Waals surface area contributed by atoms with Gasteiger partial charge in [0.25, 0.3) is 0 Å². The van der Waals surface area contributed by atoms with Gasteiger partial charge in [-0.25, -0.2) is 0 Å². The maximum absolute atomic E-state index is 5.71. The fraction of sp³-hybridized carbons (Fsp3) is 0.467. The first-order valence-corrected chi connectivity index (χ1v) is 6.85. The van der Waals surface area contributed by atoms with Crippen molar-refractivity contribution in [1.82, 2.24) is 10.1 Å². The molecule has 19 heavy (non-hydrogen) atoms. The van der Waals surface area contributed by atoms with Crippen molar-refractivity contribution in [3.05, 3.63) is 47.6 Å². The highest BCUT2D eigenvalue weighted by molar-refractivity contribution is 5.15. The van der Waals surface area contributed by atoms with Crippen LogP contribution in [0.2, 0.25) is 0 Å². The van der Waals surface area contributed by atoms with Crippen LogP contribution in [0.4, 0.5) is 0 Å². The summed E-state index contributed by atoms with van der Waals surface area (Å²) in [5, 5.41) is 4.01. The number of hydrogen-bond donors (Lipinski definition) is 1. The molecule has 0 saturated heterocycles. The van der Waals surface area contributed by atoms with Crippen molar-refractivity contribution >= 4 is 0 Å². The number of aromatic nitrogens is 2. The highest BCUT2D eigenvalue weighted by atomic mass is 16.5. The van der Waals surface area contributed by atoms with Gasteiger partial charge in [-0.15, -0.1) is 0 Å². The molecule has 0 spiro atoms.